The lowest BCUT2D eigenvalue weighted by Crippen LogP contribution is -2.32. The molecule has 1 fully saturated rings. The van der Waals surface area contributed by atoms with Gasteiger partial charge in [-0.3, -0.25) is 4.79 Å². The van der Waals surface area contributed by atoms with Crippen molar-refractivity contribution < 1.29 is 4.79 Å². The molecular formula is C15H19N5O. The van der Waals surface area contributed by atoms with Crippen LogP contribution in [0.15, 0.2) is 30.6 Å². The van der Waals surface area contributed by atoms with E-state index >= 15 is 0 Å². The van der Waals surface area contributed by atoms with Crippen LogP contribution in [0.25, 0.3) is 11.4 Å². The second-order valence-electron chi connectivity index (χ2n) is 5.47. The van der Waals surface area contributed by atoms with E-state index in [9.17, 15) is 4.79 Å². The van der Waals surface area contributed by atoms with Crippen molar-refractivity contribution in [2.24, 2.45) is 13.0 Å². The number of rotatable bonds is 3. The Morgan fingerprint density at radius 2 is 2.14 bits per heavy atom. The highest BCUT2D eigenvalue weighted by atomic mass is 16.1. The number of carbonyl (C=O) groups is 1. The standard InChI is InChI=1S/C15H19N5O/c1-10-13(7-8-16-10)15(21)18-12-5-3-11(4-6-12)14-19-17-9-20(14)2/h3-6,9-10,13,16H,7-8H2,1-2H3,(H,18,21). The fourth-order valence-electron chi connectivity index (χ4n) is 2.70. The number of nitrogens with zero attached hydrogens (tertiary/aromatic N) is 3. The van der Waals surface area contributed by atoms with Crippen LogP contribution in [0, 0.1) is 5.92 Å². The molecular weight excluding hydrogens is 266 g/mol. The Morgan fingerprint density at radius 1 is 1.38 bits per heavy atom. The van der Waals surface area contributed by atoms with Crippen molar-refractivity contribution in [3.63, 3.8) is 0 Å². The second-order valence-corrected chi connectivity index (χ2v) is 5.47. The predicted molar refractivity (Wildman–Crippen MR) is 80.6 cm³/mol. The lowest BCUT2D eigenvalue weighted by molar-refractivity contribution is -0.119. The molecule has 1 aliphatic heterocycles. The summed E-state index contributed by atoms with van der Waals surface area (Å²) in [6.07, 6.45) is 2.56. The average molecular weight is 285 g/mol. The number of nitrogens with one attached hydrogen (secondary N) is 2. The highest BCUT2D eigenvalue weighted by Gasteiger charge is 2.29. The van der Waals surface area contributed by atoms with Crippen molar-refractivity contribution in [1.29, 1.82) is 0 Å². The average Bonchev–Trinajstić information content (AvgIpc) is 3.08. The van der Waals surface area contributed by atoms with Crippen LogP contribution in [0.3, 0.4) is 0 Å². The van der Waals surface area contributed by atoms with Crippen LogP contribution in [0.1, 0.15) is 13.3 Å². The summed E-state index contributed by atoms with van der Waals surface area (Å²) in [7, 11) is 1.90. The van der Waals surface area contributed by atoms with Crippen LogP contribution < -0.4 is 10.6 Å². The molecule has 1 amide bonds. The van der Waals surface area contributed by atoms with Crippen molar-refractivity contribution in [3.8, 4) is 11.4 Å². The van der Waals surface area contributed by atoms with Gasteiger partial charge in [0.05, 0.1) is 5.92 Å². The first-order valence-electron chi connectivity index (χ1n) is 7.14. The van der Waals surface area contributed by atoms with Gasteiger partial charge in [0.2, 0.25) is 5.91 Å². The summed E-state index contributed by atoms with van der Waals surface area (Å²) in [5, 5.41) is 14.2. The van der Waals surface area contributed by atoms with Gasteiger partial charge in [-0.15, -0.1) is 10.2 Å². The van der Waals surface area contributed by atoms with Gasteiger partial charge >= 0.3 is 0 Å². The number of hydrogen-bond acceptors (Lipinski definition) is 4. The molecule has 0 radical (unpaired) electrons. The Labute approximate surface area is 123 Å². The third kappa shape index (κ3) is 2.80. The molecule has 2 heterocycles. The third-order valence-corrected chi connectivity index (χ3v) is 3.98. The molecule has 0 bridgehead atoms. The molecule has 21 heavy (non-hydrogen) atoms. The highest BCUT2D eigenvalue weighted by molar-refractivity contribution is 5.93. The maximum absolute atomic E-state index is 12.2. The summed E-state index contributed by atoms with van der Waals surface area (Å²) in [4.78, 5) is 12.2. The van der Waals surface area contributed by atoms with Crippen LogP contribution in [-0.4, -0.2) is 33.3 Å². The van der Waals surface area contributed by atoms with E-state index in [1.54, 1.807) is 6.33 Å². The van der Waals surface area contributed by atoms with Gasteiger partial charge < -0.3 is 15.2 Å². The minimum Gasteiger partial charge on any atom is -0.326 e. The maximum atomic E-state index is 12.2. The van der Waals surface area contributed by atoms with E-state index in [-0.39, 0.29) is 17.9 Å². The Balaban J connectivity index is 1.70. The molecule has 2 aromatic rings. The highest BCUT2D eigenvalue weighted by Crippen LogP contribution is 2.21. The van der Waals surface area contributed by atoms with Crippen molar-refractivity contribution in [2.45, 2.75) is 19.4 Å². The Hall–Kier alpha value is -2.21. The van der Waals surface area contributed by atoms with Gasteiger partial charge in [-0.05, 0) is 44.2 Å². The van der Waals surface area contributed by atoms with Gasteiger partial charge in [0.15, 0.2) is 5.82 Å². The zero-order chi connectivity index (χ0) is 14.8. The third-order valence-electron chi connectivity index (χ3n) is 3.98. The molecule has 2 N–H and O–H groups in total. The molecule has 0 saturated carbocycles. The first kappa shape index (κ1) is 13.8. The minimum absolute atomic E-state index is 0.0448. The smallest absolute Gasteiger partial charge is 0.229 e. The summed E-state index contributed by atoms with van der Waals surface area (Å²) in [5.41, 5.74) is 1.79. The minimum atomic E-state index is 0.0448. The van der Waals surface area contributed by atoms with Gasteiger partial charge in [-0.2, -0.15) is 0 Å². The number of aryl methyl sites for hydroxylation is 1. The monoisotopic (exact) mass is 285 g/mol. The van der Waals surface area contributed by atoms with Crippen LogP contribution in [0.5, 0.6) is 0 Å². The van der Waals surface area contributed by atoms with Gasteiger partial charge in [0.25, 0.3) is 0 Å². The molecule has 1 aromatic carbocycles. The summed E-state index contributed by atoms with van der Waals surface area (Å²) in [5.74, 6) is 0.934. The molecule has 0 spiro atoms. The van der Waals surface area contributed by atoms with Crippen molar-refractivity contribution in [1.82, 2.24) is 20.1 Å². The number of anilines is 1. The maximum Gasteiger partial charge on any atom is 0.229 e. The van der Waals surface area contributed by atoms with Crippen LogP contribution in [0.2, 0.25) is 0 Å². The Kier molecular flexibility index (Phi) is 3.70. The van der Waals surface area contributed by atoms with Gasteiger partial charge in [0, 0.05) is 24.3 Å². The summed E-state index contributed by atoms with van der Waals surface area (Å²) >= 11 is 0. The number of aromatic nitrogens is 3. The molecule has 6 heteroatoms. The fourth-order valence-corrected chi connectivity index (χ4v) is 2.70. The zero-order valence-electron chi connectivity index (χ0n) is 12.2. The van der Waals surface area contributed by atoms with E-state index in [0.29, 0.717) is 0 Å². The quantitative estimate of drug-likeness (QED) is 0.894. The summed E-state index contributed by atoms with van der Waals surface area (Å²) < 4.78 is 1.86. The molecule has 2 atom stereocenters. The van der Waals surface area contributed by atoms with E-state index in [4.69, 9.17) is 0 Å². The first-order chi connectivity index (χ1) is 10.1. The second kappa shape index (κ2) is 5.65. The molecule has 1 saturated heterocycles. The Morgan fingerprint density at radius 3 is 2.71 bits per heavy atom. The van der Waals surface area contributed by atoms with Crippen molar-refractivity contribution >= 4 is 11.6 Å². The van der Waals surface area contributed by atoms with Crippen LogP contribution in [-0.2, 0) is 11.8 Å². The molecule has 110 valence electrons. The molecule has 3 rings (SSSR count). The molecule has 1 aliphatic rings. The van der Waals surface area contributed by atoms with E-state index in [1.165, 1.54) is 0 Å². The summed E-state index contributed by atoms with van der Waals surface area (Å²) in [6.45, 7) is 2.96. The molecule has 6 nitrogen and oxygen atoms in total. The lowest BCUT2D eigenvalue weighted by Gasteiger charge is -2.15. The van der Waals surface area contributed by atoms with Gasteiger partial charge in [0.1, 0.15) is 6.33 Å². The topological polar surface area (TPSA) is 71.8 Å². The molecule has 0 aliphatic carbocycles. The van der Waals surface area contributed by atoms with E-state index in [1.807, 2.05) is 35.9 Å². The Bertz CT molecular complexity index is 634. The largest absolute Gasteiger partial charge is 0.326 e. The normalized spacial score (nSPS) is 21.4. The number of amides is 1. The van der Waals surface area contributed by atoms with E-state index in [2.05, 4.69) is 27.8 Å². The lowest BCUT2D eigenvalue weighted by atomic mass is 10.0. The SMILES string of the molecule is CC1NCCC1C(=O)Nc1ccc(-c2nncn2C)cc1. The first-order valence-corrected chi connectivity index (χ1v) is 7.14. The van der Waals surface area contributed by atoms with E-state index in [0.717, 1.165) is 30.0 Å². The predicted octanol–water partition coefficient (Wildman–Crippen LogP) is 1.42. The number of hydrogen-bond donors (Lipinski definition) is 2. The van der Waals surface area contributed by atoms with Crippen LogP contribution >= 0.6 is 0 Å². The van der Waals surface area contributed by atoms with Crippen molar-refractivity contribution in [2.75, 3.05) is 11.9 Å². The van der Waals surface area contributed by atoms with Crippen LogP contribution in [0.4, 0.5) is 5.69 Å². The molecule has 2 unspecified atom stereocenters. The van der Waals surface area contributed by atoms with Crippen molar-refractivity contribution in [3.05, 3.63) is 30.6 Å². The van der Waals surface area contributed by atoms with E-state index < -0.39 is 0 Å². The summed E-state index contributed by atoms with van der Waals surface area (Å²) in [6, 6.07) is 7.92. The fraction of sp³-hybridized carbons (Fsp3) is 0.400. The van der Waals surface area contributed by atoms with Gasteiger partial charge in [-0.25, -0.2) is 0 Å². The van der Waals surface area contributed by atoms with Gasteiger partial charge in [-0.1, -0.05) is 0 Å². The number of benzene rings is 1. The molecule has 1 aromatic heterocycles. The zero-order valence-corrected chi connectivity index (χ0v) is 12.2. The number of carbonyl (C=O) groups excluding carboxylic acids is 1.